The lowest BCUT2D eigenvalue weighted by molar-refractivity contribution is -0.126. The van der Waals surface area contributed by atoms with Crippen LogP contribution in [0, 0.1) is 5.92 Å². The highest BCUT2D eigenvalue weighted by molar-refractivity contribution is 6.31. The largest absolute Gasteiger partial charge is 0.493 e. The van der Waals surface area contributed by atoms with E-state index >= 15 is 0 Å². The molecule has 2 heterocycles. The van der Waals surface area contributed by atoms with Crippen molar-refractivity contribution in [1.82, 2.24) is 0 Å². The monoisotopic (exact) mass is 508 g/mol. The normalized spacial score (nSPS) is 21.0. The molecule has 0 radical (unpaired) electrons. The van der Waals surface area contributed by atoms with Crippen LogP contribution in [0.25, 0.3) is 0 Å². The van der Waals surface area contributed by atoms with E-state index in [9.17, 15) is 19.5 Å². The van der Waals surface area contributed by atoms with Crippen LogP contribution in [0.2, 0.25) is 5.02 Å². The van der Waals surface area contributed by atoms with Gasteiger partial charge in [0.15, 0.2) is 17.6 Å². The lowest BCUT2D eigenvalue weighted by atomic mass is 9.87. The summed E-state index contributed by atoms with van der Waals surface area (Å²) in [6.45, 7) is 0. The first-order valence-electron chi connectivity index (χ1n) is 11.0. The van der Waals surface area contributed by atoms with Gasteiger partial charge in [-0.2, -0.15) is 0 Å². The number of rotatable bonds is 6. The maximum Gasteiger partial charge on any atom is 0.339 e. The van der Waals surface area contributed by atoms with E-state index in [1.54, 1.807) is 60.7 Å². The van der Waals surface area contributed by atoms with Gasteiger partial charge in [-0.05, 0) is 48.0 Å². The second kappa shape index (κ2) is 9.18. The Morgan fingerprint density at radius 3 is 2.22 bits per heavy atom. The van der Waals surface area contributed by atoms with Crippen LogP contribution in [0.1, 0.15) is 22.0 Å². The number of benzene rings is 3. The Kier molecular flexibility index (Phi) is 6.03. The third kappa shape index (κ3) is 3.64. The summed E-state index contributed by atoms with van der Waals surface area (Å²) in [5, 5.41) is 12.0. The second-order valence-electron chi connectivity index (χ2n) is 8.22. The number of fused-ring (bicyclic) bond motifs is 1. The molecule has 10 heteroatoms. The number of nitrogens with zero attached hydrogens (tertiary/aromatic N) is 2. The third-order valence-electron chi connectivity index (χ3n) is 6.32. The second-order valence-corrected chi connectivity index (χ2v) is 8.65. The minimum atomic E-state index is -1.27. The SMILES string of the molecule is COc1ccc([C@@H]2[C@@H]3C(=O)N(c4ccc(Cl)cc4)C(=O)[C@@H]3ON2c2ccccc2)c(C(=O)O)c1OC. The molecule has 3 atom stereocenters. The van der Waals surface area contributed by atoms with Crippen molar-refractivity contribution in [2.75, 3.05) is 24.2 Å². The summed E-state index contributed by atoms with van der Waals surface area (Å²) in [5.74, 6) is -3.13. The number of halogens is 1. The van der Waals surface area contributed by atoms with Gasteiger partial charge in [-0.3, -0.25) is 14.4 Å². The van der Waals surface area contributed by atoms with Gasteiger partial charge in [0.05, 0.1) is 31.6 Å². The fourth-order valence-electron chi connectivity index (χ4n) is 4.78. The van der Waals surface area contributed by atoms with E-state index in [1.165, 1.54) is 19.3 Å². The molecule has 0 spiro atoms. The highest BCUT2D eigenvalue weighted by atomic mass is 35.5. The minimum Gasteiger partial charge on any atom is -0.493 e. The van der Waals surface area contributed by atoms with Gasteiger partial charge in [0.1, 0.15) is 11.5 Å². The van der Waals surface area contributed by atoms with Crippen LogP contribution < -0.4 is 19.4 Å². The van der Waals surface area contributed by atoms with Crippen molar-refractivity contribution in [3.63, 3.8) is 0 Å². The number of hydrogen-bond donors (Lipinski definition) is 1. The highest BCUT2D eigenvalue weighted by Gasteiger charge is 2.61. The van der Waals surface area contributed by atoms with Crippen LogP contribution in [0.15, 0.2) is 66.7 Å². The Balaban J connectivity index is 1.68. The zero-order valence-electron chi connectivity index (χ0n) is 19.3. The van der Waals surface area contributed by atoms with Gasteiger partial charge in [0, 0.05) is 5.02 Å². The quantitative estimate of drug-likeness (QED) is 0.496. The van der Waals surface area contributed by atoms with Crippen LogP contribution in [-0.4, -0.2) is 43.2 Å². The number of carbonyl (C=O) groups is 3. The van der Waals surface area contributed by atoms with Crippen LogP contribution in [0.4, 0.5) is 11.4 Å². The number of methoxy groups -OCH3 is 2. The van der Waals surface area contributed by atoms with Gasteiger partial charge in [-0.15, -0.1) is 0 Å². The molecule has 2 fully saturated rings. The molecule has 1 N–H and O–H groups in total. The van der Waals surface area contributed by atoms with E-state index in [4.69, 9.17) is 25.9 Å². The van der Waals surface area contributed by atoms with Crippen molar-refractivity contribution in [2.45, 2.75) is 12.1 Å². The molecule has 2 aliphatic heterocycles. The van der Waals surface area contributed by atoms with E-state index in [1.807, 2.05) is 6.07 Å². The van der Waals surface area contributed by atoms with Crippen molar-refractivity contribution in [3.8, 4) is 11.5 Å². The predicted molar refractivity (Wildman–Crippen MR) is 130 cm³/mol. The summed E-state index contributed by atoms with van der Waals surface area (Å²) in [5.41, 5.74) is 0.970. The Bertz CT molecular complexity index is 1350. The zero-order chi connectivity index (χ0) is 25.6. The lowest BCUT2D eigenvalue weighted by Crippen LogP contribution is -2.37. The number of carboxylic acid groups (broad SMARTS) is 1. The molecule has 5 rings (SSSR count). The lowest BCUT2D eigenvalue weighted by Gasteiger charge is -2.30. The van der Waals surface area contributed by atoms with E-state index < -0.39 is 35.8 Å². The molecular formula is C26H21ClN2O7. The van der Waals surface area contributed by atoms with Gasteiger partial charge < -0.3 is 14.6 Å². The molecule has 36 heavy (non-hydrogen) atoms. The van der Waals surface area contributed by atoms with Crippen molar-refractivity contribution in [1.29, 1.82) is 0 Å². The maximum absolute atomic E-state index is 13.8. The first-order chi connectivity index (χ1) is 17.4. The van der Waals surface area contributed by atoms with E-state index in [2.05, 4.69) is 0 Å². The van der Waals surface area contributed by atoms with Crippen LogP contribution in [0.5, 0.6) is 11.5 Å². The van der Waals surface area contributed by atoms with E-state index in [0.717, 1.165) is 4.90 Å². The molecular weight excluding hydrogens is 488 g/mol. The van der Waals surface area contributed by atoms with Crippen molar-refractivity contribution < 1.29 is 33.8 Å². The summed E-state index contributed by atoms with van der Waals surface area (Å²) in [6, 6.07) is 17.3. The average Bonchev–Trinajstić information content (AvgIpc) is 3.39. The van der Waals surface area contributed by atoms with Crippen molar-refractivity contribution >= 4 is 40.8 Å². The fraction of sp³-hybridized carbons (Fsp3) is 0.192. The molecule has 184 valence electrons. The van der Waals surface area contributed by atoms with E-state index in [0.29, 0.717) is 16.4 Å². The molecule has 3 aromatic rings. The number of carbonyl (C=O) groups excluding carboxylic acids is 2. The Hall–Kier alpha value is -4.08. The summed E-state index contributed by atoms with van der Waals surface area (Å²) < 4.78 is 10.7. The number of para-hydroxylation sites is 1. The summed E-state index contributed by atoms with van der Waals surface area (Å²) in [4.78, 5) is 46.8. The molecule has 0 unspecified atom stereocenters. The number of anilines is 2. The zero-order valence-corrected chi connectivity index (χ0v) is 20.0. The topological polar surface area (TPSA) is 106 Å². The Morgan fingerprint density at radius 2 is 1.61 bits per heavy atom. The standard InChI is InChI=1S/C26H21ClN2O7/c1-34-18-13-12-17(19(26(32)33)22(18)35-2)21-20-23(36-29(21)16-6-4-3-5-7-16)25(31)28(24(20)30)15-10-8-14(27)9-11-15/h3-13,20-21,23H,1-2H3,(H,32,33)/t20-,21+,23+/m0/s1. The number of amides is 2. The van der Waals surface area contributed by atoms with Gasteiger partial charge in [0.25, 0.3) is 5.91 Å². The fourth-order valence-corrected chi connectivity index (χ4v) is 4.91. The number of aromatic carboxylic acids is 1. The first kappa shape index (κ1) is 23.7. The number of ether oxygens (including phenoxy) is 2. The minimum absolute atomic E-state index is 0.00490. The maximum atomic E-state index is 13.8. The number of hydrogen-bond acceptors (Lipinski definition) is 7. The summed E-state index contributed by atoms with van der Waals surface area (Å²) >= 11 is 5.98. The molecule has 0 aromatic heterocycles. The van der Waals surface area contributed by atoms with Crippen LogP contribution >= 0.6 is 11.6 Å². The van der Waals surface area contributed by atoms with Crippen molar-refractivity contribution in [3.05, 3.63) is 82.9 Å². The highest BCUT2D eigenvalue weighted by Crippen LogP contribution is 2.50. The van der Waals surface area contributed by atoms with Crippen LogP contribution in [-0.2, 0) is 14.4 Å². The van der Waals surface area contributed by atoms with Crippen LogP contribution in [0.3, 0.4) is 0 Å². The average molecular weight is 509 g/mol. The molecule has 3 aromatic carbocycles. The molecule has 0 bridgehead atoms. The molecule has 9 nitrogen and oxygen atoms in total. The molecule has 0 saturated carbocycles. The van der Waals surface area contributed by atoms with Crippen molar-refractivity contribution in [2.24, 2.45) is 5.92 Å². The Morgan fingerprint density at radius 1 is 0.917 bits per heavy atom. The predicted octanol–water partition coefficient (Wildman–Crippen LogP) is 4.11. The molecule has 0 aliphatic carbocycles. The number of hydroxylamine groups is 1. The van der Waals surface area contributed by atoms with Gasteiger partial charge in [0.2, 0.25) is 5.91 Å². The number of carboxylic acids is 1. The van der Waals surface area contributed by atoms with Gasteiger partial charge in [-0.25, -0.2) is 14.8 Å². The van der Waals surface area contributed by atoms with Gasteiger partial charge in [-0.1, -0.05) is 35.9 Å². The van der Waals surface area contributed by atoms with E-state index in [-0.39, 0.29) is 22.6 Å². The smallest absolute Gasteiger partial charge is 0.339 e. The molecule has 2 amide bonds. The first-order valence-corrected chi connectivity index (χ1v) is 11.4. The summed E-state index contributed by atoms with van der Waals surface area (Å²) in [6.07, 6.45) is -1.16. The molecule has 2 saturated heterocycles. The van der Waals surface area contributed by atoms with Gasteiger partial charge >= 0.3 is 5.97 Å². The third-order valence-corrected chi connectivity index (χ3v) is 6.57. The molecule has 2 aliphatic rings. The number of imide groups is 1. The Labute approximate surface area is 211 Å². The summed E-state index contributed by atoms with van der Waals surface area (Å²) in [7, 11) is 2.74.